The molecule has 2 aromatic carbocycles. The van der Waals surface area contributed by atoms with Crippen LogP contribution in [0, 0.1) is 5.82 Å². The van der Waals surface area contributed by atoms with Gasteiger partial charge in [0.25, 0.3) is 0 Å². The van der Waals surface area contributed by atoms with Gasteiger partial charge < -0.3 is 15.2 Å². The first-order valence-corrected chi connectivity index (χ1v) is 6.79. The maximum atomic E-state index is 13.5. The second-order valence-electron chi connectivity index (χ2n) is 4.22. The maximum absolute atomic E-state index is 13.5. The van der Waals surface area contributed by atoms with Gasteiger partial charge in [-0.15, -0.1) is 0 Å². The molecule has 0 fully saturated rings. The molecule has 0 atom stereocenters. The summed E-state index contributed by atoms with van der Waals surface area (Å²) >= 11 is 3.06. The highest BCUT2D eigenvalue weighted by Gasteiger charge is 2.22. The third-order valence-electron chi connectivity index (χ3n) is 2.99. The van der Waals surface area contributed by atoms with Crippen LogP contribution in [0.15, 0.2) is 34.8 Å². The lowest BCUT2D eigenvalue weighted by Gasteiger charge is -2.13. The molecule has 0 saturated carbocycles. The van der Waals surface area contributed by atoms with E-state index in [4.69, 9.17) is 15.2 Å². The van der Waals surface area contributed by atoms with E-state index in [1.54, 1.807) is 18.2 Å². The average molecular weight is 354 g/mol. The number of halogens is 2. The lowest BCUT2D eigenvalue weighted by molar-refractivity contribution is 0.103. The van der Waals surface area contributed by atoms with Crippen molar-refractivity contribution >= 4 is 27.4 Å². The monoisotopic (exact) mass is 353 g/mol. The topological polar surface area (TPSA) is 61.5 Å². The van der Waals surface area contributed by atoms with Crippen LogP contribution >= 0.6 is 15.9 Å². The number of anilines is 1. The fourth-order valence-electron chi connectivity index (χ4n) is 1.97. The fraction of sp³-hybridized carbons (Fsp3) is 0.133. The van der Waals surface area contributed by atoms with Gasteiger partial charge in [0.15, 0.2) is 0 Å². The lowest BCUT2D eigenvalue weighted by Crippen LogP contribution is -2.09. The standard InChI is InChI=1S/C15H13BrFNO3/c1-20-12-5-3-4-11(18)14(12)15(19)8-6-9(16)10(17)7-13(8)21-2/h3-7H,18H2,1-2H3. The van der Waals surface area contributed by atoms with E-state index in [1.807, 2.05) is 0 Å². The van der Waals surface area contributed by atoms with E-state index in [0.717, 1.165) is 6.07 Å². The van der Waals surface area contributed by atoms with E-state index in [0.29, 0.717) is 5.75 Å². The molecule has 21 heavy (non-hydrogen) atoms. The first-order valence-electron chi connectivity index (χ1n) is 5.99. The van der Waals surface area contributed by atoms with Crippen LogP contribution in [0.4, 0.5) is 10.1 Å². The number of benzene rings is 2. The number of rotatable bonds is 4. The molecular formula is C15H13BrFNO3. The summed E-state index contributed by atoms with van der Waals surface area (Å²) in [7, 11) is 2.81. The van der Waals surface area contributed by atoms with E-state index in [9.17, 15) is 9.18 Å². The van der Waals surface area contributed by atoms with E-state index in [-0.39, 0.29) is 27.0 Å². The fourth-order valence-corrected chi connectivity index (χ4v) is 2.31. The normalized spacial score (nSPS) is 10.3. The molecular weight excluding hydrogens is 341 g/mol. The van der Waals surface area contributed by atoms with Gasteiger partial charge in [-0.3, -0.25) is 4.79 Å². The first kappa shape index (κ1) is 15.3. The van der Waals surface area contributed by atoms with Crippen molar-refractivity contribution in [1.82, 2.24) is 0 Å². The van der Waals surface area contributed by atoms with Gasteiger partial charge in [-0.2, -0.15) is 0 Å². The molecule has 0 radical (unpaired) electrons. The van der Waals surface area contributed by atoms with Gasteiger partial charge in [0.1, 0.15) is 17.3 Å². The number of nitrogen functional groups attached to an aromatic ring is 1. The van der Waals surface area contributed by atoms with E-state index in [2.05, 4.69) is 15.9 Å². The maximum Gasteiger partial charge on any atom is 0.202 e. The second-order valence-corrected chi connectivity index (χ2v) is 5.07. The van der Waals surface area contributed by atoms with Crippen LogP contribution in [-0.2, 0) is 0 Å². The Morgan fingerprint density at radius 3 is 2.48 bits per heavy atom. The minimum Gasteiger partial charge on any atom is -0.496 e. The Balaban J connectivity index is 2.63. The molecule has 0 spiro atoms. The van der Waals surface area contributed by atoms with Crippen molar-refractivity contribution in [1.29, 1.82) is 0 Å². The Kier molecular flexibility index (Phi) is 4.47. The number of methoxy groups -OCH3 is 2. The molecule has 4 nitrogen and oxygen atoms in total. The largest absolute Gasteiger partial charge is 0.496 e. The third-order valence-corrected chi connectivity index (χ3v) is 3.60. The zero-order chi connectivity index (χ0) is 15.6. The molecule has 0 aliphatic carbocycles. The predicted molar refractivity (Wildman–Crippen MR) is 81.5 cm³/mol. The second kappa shape index (κ2) is 6.13. The Morgan fingerprint density at radius 2 is 1.86 bits per heavy atom. The van der Waals surface area contributed by atoms with E-state index in [1.165, 1.54) is 20.3 Å². The van der Waals surface area contributed by atoms with Crippen LogP contribution in [-0.4, -0.2) is 20.0 Å². The highest BCUT2D eigenvalue weighted by atomic mass is 79.9. The van der Waals surface area contributed by atoms with Crippen LogP contribution in [0.3, 0.4) is 0 Å². The number of ether oxygens (including phenoxy) is 2. The Morgan fingerprint density at radius 1 is 1.19 bits per heavy atom. The zero-order valence-electron chi connectivity index (χ0n) is 11.4. The van der Waals surface area contributed by atoms with Crippen LogP contribution in [0.2, 0.25) is 0 Å². The van der Waals surface area contributed by atoms with Crippen molar-refractivity contribution in [2.45, 2.75) is 0 Å². The summed E-state index contributed by atoms with van der Waals surface area (Å²) < 4.78 is 24.0. The number of carbonyl (C=O) groups is 1. The molecule has 110 valence electrons. The molecule has 6 heteroatoms. The zero-order valence-corrected chi connectivity index (χ0v) is 13.0. The van der Waals surface area contributed by atoms with E-state index >= 15 is 0 Å². The van der Waals surface area contributed by atoms with Gasteiger partial charge in [-0.05, 0) is 34.1 Å². The van der Waals surface area contributed by atoms with Gasteiger partial charge in [-0.1, -0.05) is 6.07 Å². The molecule has 0 aromatic heterocycles. The van der Waals surface area contributed by atoms with Crippen molar-refractivity contribution in [3.05, 3.63) is 51.7 Å². The average Bonchev–Trinajstić information content (AvgIpc) is 2.48. The quantitative estimate of drug-likeness (QED) is 0.675. The lowest BCUT2D eigenvalue weighted by atomic mass is 10.00. The van der Waals surface area contributed by atoms with Crippen molar-refractivity contribution in [3.63, 3.8) is 0 Å². The van der Waals surface area contributed by atoms with Gasteiger partial charge in [-0.25, -0.2) is 4.39 Å². The van der Waals surface area contributed by atoms with Crippen molar-refractivity contribution < 1.29 is 18.7 Å². The number of nitrogens with two attached hydrogens (primary N) is 1. The highest BCUT2D eigenvalue weighted by Crippen LogP contribution is 2.33. The molecule has 0 bridgehead atoms. The van der Waals surface area contributed by atoms with Gasteiger partial charge >= 0.3 is 0 Å². The van der Waals surface area contributed by atoms with Gasteiger partial charge in [0, 0.05) is 11.8 Å². The summed E-state index contributed by atoms with van der Waals surface area (Å²) in [5, 5.41) is 0. The Labute approximate surface area is 129 Å². The summed E-state index contributed by atoms with van der Waals surface area (Å²) in [5.41, 5.74) is 6.56. The van der Waals surface area contributed by atoms with Crippen LogP contribution in [0.1, 0.15) is 15.9 Å². The summed E-state index contributed by atoms with van der Waals surface area (Å²) in [6.45, 7) is 0. The Bertz CT molecular complexity index is 704. The minimum absolute atomic E-state index is 0.131. The predicted octanol–water partition coefficient (Wildman–Crippen LogP) is 3.42. The van der Waals surface area contributed by atoms with Crippen molar-refractivity contribution in [2.75, 3.05) is 20.0 Å². The van der Waals surface area contributed by atoms with Gasteiger partial charge in [0.05, 0.1) is 29.8 Å². The SMILES string of the molecule is COc1cc(F)c(Br)cc1C(=O)c1c(N)cccc1OC. The molecule has 0 heterocycles. The summed E-state index contributed by atoms with van der Waals surface area (Å²) in [5.74, 6) is -0.438. The number of hydrogen-bond acceptors (Lipinski definition) is 4. The summed E-state index contributed by atoms with van der Waals surface area (Å²) in [4.78, 5) is 12.7. The highest BCUT2D eigenvalue weighted by molar-refractivity contribution is 9.10. The number of hydrogen-bond donors (Lipinski definition) is 1. The molecule has 0 unspecified atom stereocenters. The third kappa shape index (κ3) is 2.85. The molecule has 0 aliphatic heterocycles. The molecule has 0 aliphatic rings. The number of carbonyl (C=O) groups excluding carboxylic acids is 1. The van der Waals surface area contributed by atoms with Crippen LogP contribution in [0.5, 0.6) is 11.5 Å². The minimum atomic E-state index is -0.517. The van der Waals surface area contributed by atoms with Crippen molar-refractivity contribution in [2.24, 2.45) is 0 Å². The first-order chi connectivity index (χ1) is 9.99. The smallest absolute Gasteiger partial charge is 0.202 e. The van der Waals surface area contributed by atoms with Crippen LogP contribution in [0.25, 0.3) is 0 Å². The number of ketones is 1. The van der Waals surface area contributed by atoms with Gasteiger partial charge in [0.2, 0.25) is 5.78 Å². The molecule has 0 amide bonds. The molecule has 2 aromatic rings. The van der Waals surface area contributed by atoms with Crippen molar-refractivity contribution in [3.8, 4) is 11.5 Å². The molecule has 0 saturated heterocycles. The summed E-state index contributed by atoms with van der Waals surface area (Å²) in [6, 6.07) is 7.42. The summed E-state index contributed by atoms with van der Waals surface area (Å²) in [6.07, 6.45) is 0. The Hall–Kier alpha value is -2.08. The van der Waals surface area contributed by atoms with Crippen LogP contribution < -0.4 is 15.2 Å². The molecule has 2 rings (SSSR count). The molecule has 2 N–H and O–H groups in total. The van der Waals surface area contributed by atoms with E-state index < -0.39 is 11.6 Å².